The predicted molar refractivity (Wildman–Crippen MR) is 234 cm³/mol. The van der Waals surface area contributed by atoms with Gasteiger partial charge in [0.15, 0.2) is 0 Å². The predicted octanol–water partition coefficient (Wildman–Crippen LogP) is 6.04. The molecule has 0 spiro atoms. The molecule has 4 amide bonds. The highest BCUT2D eigenvalue weighted by Crippen LogP contribution is 2.46. The molecule has 5 fully saturated rings. The normalized spacial score (nSPS) is 28.7. The molecule has 4 bridgehead atoms. The fraction of sp³-hybridized carbons (Fsp3) is 0.674. The van der Waals surface area contributed by atoms with Gasteiger partial charge in [-0.2, -0.15) is 0 Å². The van der Waals surface area contributed by atoms with E-state index in [1.54, 1.807) is 7.11 Å². The fourth-order valence-electron chi connectivity index (χ4n) is 10.1. The van der Waals surface area contributed by atoms with Crippen LogP contribution in [0.25, 0.3) is 10.9 Å². The zero-order valence-corrected chi connectivity index (χ0v) is 37.3. The number of nitrogens with one attached hydrogen (secondary N) is 4. The minimum absolute atomic E-state index is 0.0161. The molecule has 16 heteroatoms. The number of cyclic esters (lactones) is 1. The molecule has 1 aromatic carbocycles. The summed E-state index contributed by atoms with van der Waals surface area (Å²) in [7, 11) is -2.26. The van der Waals surface area contributed by atoms with E-state index in [-0.39, 0.29) is 43.4 Å². The maximum atomic E-state index is 15.1. The van der Waals surface area contributed by atoms with E-state index in [1.807, 2.05) is 12.1 Å². The van der Waals surface area contributed by atoms with Crippen LogP contribution in [-0.2, 0) is 35.6 Å². The number of fused-ring (bicyclic) bond motifs is 3. The molecule has 4 saturated carbocycles. The minimum Gasteiger partial charge on any atom is -0.496 e. The zero-order valence-electron chi connectivity index (χ0n) is 36.5. The number of aryl methyl sites for hydroxylation is 1. The van der Waals surface area contributed by atoms with Crippen molar-refractivity contribution in [3.63, 3.8) is 0 Å². The van der Waals surface area contributed by atoms with E-state index >= 15 is 4.79 Å². The summed E-state index contributed by atoms with van der Waals surface area (Å²) in [5.41, 5.74) is -0.262. The van der Waals surface area contributed by atoms with Crippen LogP contribution in [0.2, 0.25) is 0 Å². The van der Waals surface area contributed by atoms with Gasteiger partial charge in [-0.1, -0.05) is 58.4 Å². The van der Waals surface area contributed by atoms with Crippen LogP contribution in [0.1, 0.15) is 122 Å². The Morgan fingerprint density at radius 3 is 2.40 bits per heavy atom. The van der Waals surface area contributed by atoms with E-state index in [1.165, 1.54) is 17.4 Å². The molecule has 2 aromatic rings. The van der Waals surface area contributed by atoms with Crippen LogP contribution in [0.3, 0.4) is 0 Å². The van der Waals surface area contributed by atoms with E-state index in [9.17, 15) is 22.8 Å². The SMILES string of the molecule is C=C[C@H]1CC1(NC(=O)[C@@H]1C[C@@H]2CN1C(=O)[C@H](C1CCCCC1)NC(=O)OCC(C)(C)CCCc1cc3c(cc(NC4CCCCC4)nc3cc1OC)O2)C(=O)NS(=O)(=O)C1CC1. The number of methoxy groups -OCH3 is 1. The smallest absolute Gasteiger partial charge is 0.407 e. The number of sulfonamides is 1. The van der Waals surface area contributed by atoms with Crippen molar-refractivity contribution < 1.29 is 41.8 Å². The summed E-state index contributed by atoms with van der Waals surface area (Å²) in [5, 5.41) is 9.62. The molecule has 5 atom stereocenters. The fourth-order valence-corrected chi connectivity index (χ4v) is 11.5. The molecule has 4 aliphatic carbocycles. The molecule has 1 aromatic heterocycles. The van der Waals surface area contributed by atoms with Crippen molar-refractivity contribution >= 4 is 50.6 Å². The Hall–Kier alpha value is -4.60. The summed E-state index contributed by atoms with van der Waals surface area (Å²) in [6, 6.07) is 4.09. The van der Waals surface area contributed by atoms with Gasteiger partial charge in [0.25, 0.3) is 5.91 Å². The van der Waals surface area contributed by atoms with Crippen LogP contribution >= 0.6 is 0 Å². The summed E-state index contributed by atoms with van der Waals surface area (Å²) in [6.07, 6.45) is 13.4. The number of aromatic nitrogens is 1. The second-order valence-corrected chi connectivity index (χ2v) is 21.4. The maximum absolute atomic E-state index is 15.1. The molecule has 15 nitrogen and oxygen atoms in total. The number of alkyl carbamates (subject to hydrolysis) is 1. The number of pyridine rings is 1. The summed E-state index contributed by atoms with van der Waals surface area (Å²) in [4.78, 5) is 63.7. The summed E-state index contributed by atoms with van der Waals surface area (Å²) in [5.74, 6) is -0.638. The van der Waals surface area contributed by atoms with Crippen LogP contribution in [0.4, 0.5) is 10.6 Å². The van der Waals surface area contributed by atoms with Crippen LogP contribution < -0.4 is 30.1 Å². The Bertz CT molecular complexity index is 2170. The lowest BCUT2D eigenvalue weighted by molar-refractivity contribution is -0.142. The van der Waals surface area contributed by atoms with E-state index in [0.717, 1.165) is 81.6 Å². The van der Waals surface area contributed by atoms with E-state index in [4.69, 9.17) is 19.2 Å². The number of hydrogen-bond donors (Lipinski definition) is 4. The molecule has 6 aliphatic rings. The average Bonchev–Trinajstić information content (AvgIpc) is 4.19. The van der Waals surface area contributed by atoms with Gasteiger partial charge in [-0.3, -0.25) is 19.1 Å². The Morgan fingerprint density at radius 2 is 1.73 bits per heavy atom. The van der Waals surface area contributed by atoms with Crippen LogP contribution in [0.15, 0.2) is 30.9 Å². The van der Waals surface area contributed by atoms with E-state index < -0.39 is 68.7 Å². The van der Waals surface area contributed by atoms with Crippen molar-refractivity contribution in [3.8, 4) is 11.5 Å². The Balaban J connectivity index is 1.17. The number of rotatable bonds is 10. The largest absolute Gasteiger partial charge is 0.496 e. The lowest BCUT2D eigenvalue weighted by Crippen LogP contribution is -2.59. The lowest BCUT2D eigenvalue weighted by Gasteiger charge is -2.35. The van der Waals surface area contributed by atoms with Crippen LogP contribution in [-0.4, -0.2) is 97.4 Å². The average molecular weight is 877 g/mol. The van der Waals surface area contributed by atoms with Gasteiger partial charge in [0.1, 0.15) is 41.0 Å². The van der Waals surface area contributed by atoms with Crippen molar-refractivity contribution in [2.75, 3.05) is 25.6 Å². The van der Waals surface area contributed by atoms with Crippen LogP contribution in [0.5, 0.6) is 11.5 Å². The van der Waals surface area contributed by atoms with Crippen molar-refractivity contribution in [2.45, 2.75) is 158 Å². The van der Waals surface area contributed by atoms with Gasteiger partial charge in [0, 0.05) is 35.9 Å². The number of nitrogens with zero attached hydrogens (tertiary/aromatic N) is 2. The highest BCUT2D eigenvalue weighted by molar-refractivity contribution is 7.91. The third-order valence-electron chi connectivity index (χ3n) is 14.1. The molecule has 338 valence electrons. The summed E-state index contributed by atoms with van der Waals surface area (Å²) >= 11 is 0. The molecule has 2 aliphatic heterocycles. The van der Waals surface area contributed by atoms with Gasteiger partial charge in [-0.05, 0) is 87.2 Å². The number of anilines is 1. The van der Waals surface area contributed by atoms with Crippen molar-refractivity contribution in [1.82, 2.24) is 25.2 Å². The molecule has 3 heterocycles. The molecule has 1 unspecified atom stereocenters. The van der Waals surface area contributed by atoms with E-state index in [2.05, 4.69) is 47.2 Å². The Morgan fingerprint density at radius 1 is 1.00 bits per heavy atom. The third-order valence-corrected chi connectivity index (χ3v) is 15.9. The van der Waals surface area contributed by atoms with E-state index in [0.29, 0.717) is 42.1 Å². The van der Waals surface area contributed by atoms with Gasteiger partial charge in [-0.25, -0.2) is 18.2 Å². The highest BCUT2D eigenvalue weighted by atomic mass is 32.2. The first kappa shape index (κ1) is 44.0. The number of hydrogen-bond acceptors (Lipinski definition) is 11. The van der Waals surface area contributed by atoms with Gasteiger partial charge in [0.2, 0.25) is 21.8 Å². The Labute approximate surface area is 365 Å². The first-order valence-corrected chi connectivity index (χ1v) is 24.4. The number of carbonyl (C=O) groups excluding carboxylic acids is 4. The second kappa shape index (κ2) is 17.9. The standard InChI is InChI=1S/C46H64N6O9S/c1-5-30-25-46(30,43(55)51-62(57,58)33-18-19-33)50-41(53)36-22-32-26-52(36)42(54)40(28-13-8-6-9-14-28)49-44(56)60-27-45(2,3)20-12-15-29-21-34-35(23-37(29)59-4)48-39(24-38(34)61-32)47-31-16-10-7-11-17-31/h5,21,23-24,28,30-33,36,40H,1,6-20,22,25-27H2,2-4H3,(H,47,48)(H,49,56)(H,50,53)(H,51,55)/t30-,32+,36-,40-,46?/m0/s1. The topological polar surface area (TPSA) is 194 Å². The minimum atomic E-state index is -3.91. The van der Waals surface area contributed by atoms with Crippen molar-refractivity contribution in [2.24, 2.45) is 17.3 Å². The molecule has 4 N–H and O–H groups in total. The second-order valence-electron chi connectivity index (χ2n) is 19.4. The summed E-state index contributed by atoms with van der Waals surface area (Å²) in [6.45, 7) is 8.10. The summed E-state index contributed by atoms with van der Waals surface area (Å²) < 4.78 is 46.7. The number of benzene rings is 1. The highest BCUT2D eigenvalue weighted by Gasteiger charge is 2.62. The molecule has 62 heavy (non-hydrogen) atoms. The zero-order chi connectivity index (χ0) is 43.8. The number of carbonyl (C=O) groups is 4. The molecular formula is C46H64N6O9S. The number of amides is 4. The quantitative estimate of drug-likeness (QED) is 0.203. The first-order chi connectivity index (χ1) is 29.7. The number of ether oxygens (including phenoxy) is 3. The first-order valence-electron chi connectivity index (χ1n) is 22.9. The van der Waals surface area contributed by atoms with Gasteiger partial charge >= 0.3 is 6.09 Å². The van der Waals surface area contributed by atoms with Crippen molar-refractivity contribution in [3.05, 3.63) is 36.4 Å². The molecular weight excluding hydrogens is 813 g/mol. The van der Waals surface area contributed by atoms with Crippen molar-refractivity contribution in [1.29, 1.82) is 0 Å². The molecule has 0 radical (unpaired) electrons. The van der Waals surface area contributed by atoms with Gasteiger partial charge in [0.05, 0.1) is 31.0 Å². The third kappa shape index (κ3) is 9.64. The lowest BCUT2D eigenvalue weighted by atomic mass is 9.83. The Kier molecular flexibility index (Phi) is 12.7. The van der Waals surface area contributed by atoms with Crippen LogP contribution in [0, 0.1) is 17.3 Å². The maximum Gasteiger partial charge on any atom is 0.407 e. The molecule has 1 saturated heterocycles. The molecule has 8 rings (SSSR count). The van der Waals surface area contributed by atoms with Gasteiger partial charge < -0.3 is 35.1 Å². The monoisotopic (exact) mass is 876 g/mol. The van der Waals surface area contributed by atoms with Gasteiger partial charge in [-0.15, -0.1) is 6.58 Å².